The Hall–Kier alpha value is -1.39. The van der Waals surface area contributed by atoms with E-state index in [-0.39, 0.29) is 6.04 Å². The molecule has 98 valence electrons. The minimum atomic E-state index is -0.552. The molecule has 0 aliphatic heterocycles. The van der Waals surface area contributed by atoms with Gasteiger partial charge in [0.1, 0.15) is 18.2 Å². The molecule has 0 radical (unpaired) electrons. The fraction of sp³-hybridized carbons (Fsp3) is 0.750. The Morgan fingerprint density at radius 1 is 1.18 bits per heavy atom. The van der Waals surface area contributed by atoms with Crippen LogP contribution in [0.25, 0.3) is 0 Å². The summed E-state index contributed by atoms with van der Waals surface area (Å²) in [6.07, 6.45) is 2.85. The van der Waals surface area contributed by atoms with E-state index in [0.29, 0.717) is 25.7 Å². The Balaban J connectivity index is 4.15. The second kappa shape index (κ2) is 7.81. The first kappa shape index (κ1) is 15.6. The molecule has 1 N–H and O–H groups in total. The molecule has 0 spiro atoms. The molecular weight excluding hydrogens is 222 g/mol. The van der Waals surface area contributed by atoms with Crippen LogP contribution in [0, 0.1) is 0 Å². The summed E-state index contributed by atoms with van der Waals surface area (Å²) in [6, 6.07) is -0.194. The third kappa shape index (κ3) is 9.53. The average molecular weight is 243 g/mol. The predicted molar refractivity (Wildman–Crippen MR) is 63.8 cm³/mol. The van der Waals surface area contributed by atoms with Gasteiger partial charge in [-0.1, -0.05) is 0 Å². The van der Waals surface area contributed by atoms with Crippen LogP contribution in [0.3, 0.4) is 0 Å². The van der Waals surface area contributed by atoms with Crippen molar-refractivity contribution in [1.82, 2.24) is 5.32 Å². The number of hydrogen-bond donors (Lipinski definition) is 1. The van der Waals surface area contributed by atoms with Crippen LogP contribution in [0.15, 0.2) is 0 Å². The molecule has 0 aliphatic carbocycles. The first-order valence-electron chi connectivity index (χ1n) is 5.76. The molecule has 0 atom stereocenters. The van der Waals surface area contributed by atoms with E-state index in [1.165, 1.54) is 0 Å². The monoisotopic (exact) mass is 243 g/mol. The van der Waals surface area contributed by atoms with E-state index >= 15 is 0 Å². The van der Waals surface area contributed by atoms with Gasteiger partial charge in [0.05, 0.1) is 0 Å². The third-order valence-corrected chi connectivity index (χ3v) is 1.99. The maximum Gasteiger partial charge on any atom is 0.407 e. The van der Waals surface area contributed by atoms with Gasteiger partial charge < -0.3 is 19.6 Å². The summed E-state index contributed by atoms with van der Waals surface area (Å²) in [5, 5.41) is 2.66. The zero-order valence-electron chi connectivity index (χ0n) is 10.7. The van der Waals surface area contributed by atoms with E-state index in [1.807, 2.05) is 0 Å². The van der Waals surface area contributed by atoms with Crippen LogP contribution < -0.4 is 5.32 Å². The lowest BCUT2D eigenvalue weighted by molar-refractivity contribution is -0.108. The van der Waals surface area contributed by atoms with Crippen LogP contribution in [0.5, 0.6) is 0 Å². The highest BCUT2D eigenvalue weighted by Gasteiger charge is 2.19. The van der Waals surface area contributed by atoms with Crippen LogP contribution in [0.4, 0.5) is 4.79 Å². The molecule has 17 heavy (non-hydrogen) atoms. The molecule has 5 heteroatoms. The Morgan fingerprint density at radius 3 is 2.00 bits per heavy atom. The summed E-state index contributed by atoms with van der Waals surface area (Å²) >= 11 is 0. The van der Waals surface area contributed by atoms with Crippen LogP contribution in [0.2, 0.25) is 0 Å². The molecule has 0 aliphatic rings. The standard InChI is InChI=1S/C12H21NO4/c1-12(2,3)17-11(16)13-10(6-4-8-14)7-5-9-15/h8-10H,4-7H2,1-3H3,(H,13,16). The normalized spacial score (nSPS) is 11.1. The lowest BCUT2D eigenvalue weighted by atomic mass is 10.1. The topological polar surface area (TPSA) is 72.5 Å². The van der Waals surface area contributed by atoms with Gasteiger partial charge in [0.2, 0.25) is 0 Å². The van der Waals surface area contributed by atoms with Crippen molar-refractivity contribution in [3.8, 4) is 0 Å². The van der Waals surface area contributed by atoms with Crippen LogP contribution in [-0.2, 0) is 14.3 Å². The van der Waals surface area contributed by atoms with Crippen molar-refractivity contribution < 1.29 is 19.1 Å². The molecule has 0 aromatic heterocycles. The van der Waals surface area contributed by atoms with Crippen molar-refractivity contribution >= 4 is 18.7 Å². The Labute approximate surface area is 102 Å². The molecule has 0 aromatic rings. The molecule has 0 heterocycles. The molecule has 0 rings (SSSR count). The van der Waals surface area contributed by atoms with Gasteiger partial charge >= 0.3 is 6.09 Å². The number of carbonyl (C=O) groups excluding carboxylic acids is 3. The van der Waals surface area contributed by atoms with Crippen LogP contribution in [-0.4, -0.2) is 30.3 Å². The lowest BCUT2D eigenvalue weighted by Gasteiger charge is -2.23. The van der Waals surface area contributed by atoms with Crippen molar-refractivity contribution in [3.05, 3.63) is 0 Å². The number of rotatable bonds is 7. The number of carbonyl (C=O) groups is 3. The second-order valence-electron chi connectivity index (χ2n) is 4.83. The smallest absolute Gasteiger partial charge is 0.407 e. The van der Waals surface area contributed by atoms with Crippen LogP contribution >= 0.6 is 0 Å². The van der Waals surface area contributed by atoms with E-state index in [9.17, 15) is 14.4 Å². The van der Waals surface area contributed by atoms with Crippen molar-refractivity contribution in [3.63, 3.8) is 0 Å². The molecule has 0 unspecified atom stereocenters. The number of hydrogen-bond acceptors (Lipinski definition) is 4. The first-order valence-corrected chi connectivity index (χ1v) is 5.76. The zero-order valence-corrected chi connectivity index (χ0v) is 10.7. The summed E-state index contributed by atoms with van der Waals surface area (Å²) in [5.41, 5.74) is -0.552. The fourth-order valence-electron chi connectivity index (χ4n) is 1.30. The van der Waals surface area contributed by atoms with Gasteiger partial charge in [-0.15, -0.1) is 0 Å². The highest BCUT2D eigenvalue weighted by molar-refractivity contribution is 5.68. The summed E-state index contributed by atoms with van der Waals surface area (Å²) in [6.45, 7) is 5.33. The van der Waals surface area contributed by atoms with Crippen molar-refractivity contribution in [2.24, 2.45) is 0 Å². The average Bonchev–Trinajstić information content (AvgIpc) is 2.19. The van der Waals surface area contributed by atoms with E-state index in [4.69, 9.17) is 4.74 Å². The molecule has 0 bridgehead atoms. The summed E-state index contributed by atoms with van der Waals surface area (Å²) in [5.74, 6) is 0. The van der Waals surface area contributed by atoms with Gasteiger partial charge in [-0.25, -0.2) is 4.79 Å². The number of aldehydes is 2. The number of alkyl carbamates (subject to hydrolysis) is 1. The van der Waals surface area contributed by atoms with Gasteiger partial charge in [-0.05, 0) is 33.6 Å². The van der Waals surface area contributed by atoms with Crippen molar-refractivity contribution in [2.45, 2.75) is 58.1 Å². The molecule has 0 saturated heterocycles. The Kier molecular flexibility index (Phi) is 7.18. The molecular formula is C12H21NO4. The molecule has 0 aromatic carbocycles. The molecule has 5 nitrogen and oxygen atoms in total. The number of ether oxygens (including phenoxy) is 1. The Morgan fingerprint density at radius 2 is 1.65 bits per heavy atom. The summed E-state index contributed by atoms with van der Waals surface area (Å²) < 4.78 is 5.10. The maximum absolute atomic E-state index is 11.5. The molecule has 0 saturated carbocycles. The molecule has 1 amide bonds. The summed E-state index contributed by atoms with van der Waals surface area (Å²) in [4.78, 5) is 32.1. The van der Waals surface area contributed by atoms with Gasteiger partial charge in [0.15, 0.2) is 0 Å². The van der Waals surface area contributed by atoms with E-state index < -0.39 is 11.7 Å². The second-order valence-corrected chi connectivity index (χ2v) is 4.83. The summed E-state index contributed by atoms with van der Waals surface area (Å²) in [7, 11) is 0. The van der Waals surface area contributed by atoms with Gasteiger partial charge in [-0.3, -0.25) is 0 Å². The van der Waals surface area contributed by atoms with Gasteiger partial charge in [-0.2, -0.15) is 0 Å². The predicted octanol–water partition coefficient (Wildman–Crippen LogP) is 1.84. The third-order valence-electron chi connectivity index (χ3n) is 1.99. The van der Waals surface area contributed by atoms with E-state index in [0.717, 1.165) is 12.6 Å². The maximum atomic E-state index is 11.5. The largest absolute Gasteiger partial charge is 0.444 e. The van der Waals surface area contributed by atoms with Crippen LogP contribution in [0.1, 0.15) is 46.5 Å². The van der Waals surface area contributed by atoms with Gasteiger partial charge in [0.25, 0.3) is 0 Å². The highest BCUT2D eigenvalue weighted by Crippen LogP contribution is 2.09. The molecule has 0 fully saturated rings. The van der Waals surface area contributed by atoms with Crippen molar-refractivity contribution in [2.75, 3.05) is 0 Å². The van der Waals surface area contributed by atoms with E-state index in [2.05, 4.69) is 5.32 Å². The first-order chi connectivity index (χ1) is 7.89. The quantitative estimate of drug-likeness (QED) is 0.692. The minimum absolute atomic E-state index is 0.194. The SMILES string of the molecule is CC(C)(C)OC(=O)NC(CCC=O)CCC=O. The fourth-order valence-corrected chi connectivity index (χ4v) is 1.30. The highest BCUT2D eigenvalue weighted by atomic mass is 16.6. The lowest BCUT2D eigenvalue weighted by Crippen LogP contribution is -2.39. The minimum Gasteiger partial charge on any atom is -0.444 e. The zero-order chi connectivity index (χ0) is 13.3. The van der Waals surface area contributed by atoms with Crippen molar-refractivity contribution in [1.29, 1.82) is 0 Å². The Bertz CT molecular complexity index is 246. The number of amides is 1. The van der Waals surface area contributed by atoms with Gasteiger partial charge in [0, 0.05) is 18.9 Å². The number of nitrogens with one attached hydrogen (secondary N) is 1. The van der Waals surface area contributed by atoms with E-state index in [1.54, 1.807) is 20.8 Å².